The highest BCUT2D eigenvalue weighted by molar-refractivity contribution is 7.11. The summed E-state index contributed by atoms with van der Waals surface area (Å²) < 4.78 is 7.77. The third-order valence-corrected chi connectivity index (χ3v) is 5.60. The minimum Gasteiger partial charge on any atom is -0.477 e. The van der Waals surface area contributed by atoms with Gasteiger partial charge in [-0.25, -0.2) is 0 Å². The van der Waals surface area contributed by atoms with Gasteiger partial charge in [0, 0.05) is 35.9 Å². The fourth-order valence-electron chi connectivity index (χ4n) is 3.25. The molecule has 28 heavy (non-hydrogen) atoms. The first-order chi connectivity index (χ1) is 13.8. The van der Waals surface area contributed by atoms with Crippen LogP contribution in [-0.2, 0) is 6.54 Å². The molecule has 4 heterocycles. The van der Waals surface area contributed by atoms with E-state index in [1.165, 1.54) is 0 Å². The predicted octanol–water partition coefficient (Wildman–Crippen LogP) is 3.08. The molecule has 0 spiro atoms. The molecule has 1 saturated carbocycles. The molecule has 1 N–H and O–H groups in total. The van der Waals surface area contributed by atoms with E-state index in [-0.39, 0.29) is 0 Å². The molecule has 1 aliphatic carbocycles. The van der Waals surface area contributed by atoms with Crippen LogP contribution in [0.3, 0.4) is 0 Å². The normalized spacial score (nSPS) is 18.3. The van der Waals surface area contributed by atoms with Crippen molar-refractivity contribution in [1.29, 1.82) is 0 Å². The van der Waals surface area contributed by atoms with Crippen molar-refractivity contribution >= 4 is 22.8 Å². The molecule has 2 unspecified atom stereocenters. The van der Waals surface area contributed by atoms with Crippen molar-refractivity contribution < 1.29 is 4.74 Å². The van der Waals surface area contributed by atoms with Gasteiger partial charge in [-0.2, -0.15) is 14.6 Å². The van der Waals surface area contributed by atoms with E-state index in [1.54, 1.807) is 22.0 Å². The van der Waals surface area contributed by atoms with E-state index < -0.39 is 0 Å². The number of hydrogen-bond acceptors (Lipinski definition) is 8. The summed E-state index contributed by atoms with van der Waals surface area (Å²) in [6.07, 6.45) is 4.68. The van der Waals surface area contributed by atoms with E-state index in [2.05, 4.69) is 36.6 Å². The zero-order valence-corrected chi connectivity index (χ0v) is 16.1. The maximum Gasteiger partial charge on any atom is 0.219 e. The average molecular weight is 393 g/mol. The van der Waals surface area contributed by atoms with Crippen LogP contribution < -0.4 is 10.1 Å². The standard InChI is InChI=1S/C19H19N7OS/c1-12-24-25-19(28-12)10-21-17-9-18(23-16-5-7-22-26(16)17)27-11-13-8-14(13)15-4-2-3-6-20-15/h2-7,9,13-14,21H,8,10-11H2,1H3. The monoisotopic (exact) mass is 393 g/mol. The van der Waals surface area contributed by atoms with E-state index in [4.69, 9.17) is 4.74 Å². The van der Waals surface area contributed by atoms with Crippen LogP contribution in [-0.4, -0.2) is 36.4 Å². The number of fused-ring (bicyclic) bond motifs is 1. The molecule has 1 aliphatic rings. The number of hydrogen-bond donors (Lipinski definition) is 1. The molecule has 0 radical (unpaired) electrons. The summed E-state index contributed by atoms with van der Waals surface area (Å²) in [5.41, 5.74) is 1.88. The van der Waals surface area contributed by atoms with Gasteiger partial charge in [0.25, 0.3) is 0 Å². The third-order valence-electron chi connectivity index (χ3n) is 4.76. The fraction of sp³-hybridized carbons (Fsp3) is 0.316. The molecule has 1 fully saturated rings. The van der Waals surface area contributed by atoms with Crippen LogP contribution in [0, 0.1) is 12.8 Å². The average Bonchev–Trinajstić information content (AvgIpc) is 3.11. The smallest absolute Gasteiger partial charge is 0.219 e. The van der Waals surface area contributed by atoms with Gasteiger partial charge in [0.1, 0.15) is 15.8 Å². The topological polar surface area (TPSA) is 90.1 Å². The molecule has 142 valence electrons. The van der Waals surface area contributed by atoms with Crippen molar-refractivity contribution in [2.24, 2.45) is 5.92 Å². The van der Waals surface area contributed by atoms with Crippen LogP contribution in [0.2, 0.25) is 0 Å². The minimum absolute atomic E-state index is 0.484. The van der Waals surface area contributed by atoms with Crippen LogP contribution in [0.25, 0.3) is 5.65 Å². The Labute approximate surface area is 165 Å². The van der Waals surface area contributed by atoms with Gasteiger partial charge in [0.2, 0.25) is 5.88 Å². The lowest BCUT2D eigenvalue weighted by Crippen LogP contribution is -2.08. The molecule has 0 bridgehead atoms. The SMILES string of the molecule is Cc1nnc(CNc2cc(OCC3CC3c3ccccn3)nc3ccnn23)s1. The van der Waals surface area contributed by atoms with Crippen LogP contribution in [0.5, 0.6) is 5.88 Å². The number of aromatic nitrogens is 6. The summed E-state index contributed by atoms with van der Waals surface area (Å²) in [4.78, 5) is 9.00. The van der Waals surface area contributed by atoms with Gasteiger partial charge >= 0.3 is 0 Å². The molecule has 0 aromatic carbocycles. The van der Waals surface area contributed by atoms with Crippen molar-refractivity contribution in [3.8, 4) is 5.88 Å². The van der Waals surface area contributed by atoms with Crippen molar-refractivity contribution in [2.75, 3.05) is 11.9 Å². The number of nitrogens with one attached hydrogen (secondary N) is 1. The fourth-order valence-corrected chi connectivity index (χ4v) is 3.90. The predicted molar refractivity (Wildman–Crippen MR) is 106 cm³/mol. The number of aryl methyl sites for hydroxylation is 1. The first-order valence-electron chi connectivity index (χ1n) is 9.17. The number of pyridine rings is 1. The van der Waals surface area contributed by atoms with Gasteiger partial charge in [-0.05, 0) is 25.5 Å². The van der Waals surface area contributed by atoms with Crippen molar-refractivity contribution in [3.63, 3.8) is 0 Å². The molecule has 2 atom stereocenters. The Morgan fingerprint density at radius 2 is 2.21 bits per heavy atom. The maximum atomic E-state index is 6.01. The molecule has 5 rings (SSSR count). The Morgan fingerprint density at radius 3 is 3.04 bits per heavy atom. The van der Waals surface area contributed by atoms with Crippen LogP contribution in [0.1, 0.15) is 28.0 Å². The summed E-state index contributed by atoms with van der Waals surface area (Å²) in [6, 6.07) is 9.80. The molecule has 0 saturated heterocycles. The van der Waals surface area contributed by atoms with Crippen molar-refractivity contribution in [3.05, 3.63) is 58.4 Å². The summed E-state index contributed by atoms with van der Waals surface area (Å²) in [5.74, 6) is 2.38. The Hall–Kier alpha value is -3.07. The molecular formula is C19H19N7OS. The summed E-state index contributed by atoms with van der Waals surface area (Å²) in [6.45, 7) is 3.16. The molecule has 4 aromatic heterocycles. The lowest BCUT2D eigenvalue weighted by atomic mass is 10.2. The summed E-state index contributed by atoms with van der Waals surface area (Å²) >= 11 is 1.57. The van der Waals surface area contributed by atoms with E-state index in [1.807, 2.05) is 37.4 Å². The Morgan fingerprint density at radius 1 is 1.25 bits per heavy atom. The highest BCUT2D eigenvalue weighted by atomic mass is 32.1. The van der Waals surface area contributed by atoms with Gasteiger partial charge in [-0.15, -0.1) is 10.2 Å². The second-order valence-electron chi connectivity index (χ2n) is 6.82. The third kappa shape index (κ3) is 3.53. The van der Waals surface area contributed by atoms with Crippen LogP contribution in [0.15, 0.2) is 42.7 Å². The van der Waals surface area contributed by atoms with Crippen molar-refractivity contribution in [1.82, 2.24) is 29.8 Å². The summed E-state index contributed by atoms with van der Waals surface area (Å²) in [7, 11) is 0. The Bertz CT molecular complexity index is 1090. The first kappa shape index (κ1) is 17.1. The highest BCUT2D eigenvalue weighted by Crippen LogP contribution is 2.46. The van der Waals surface area contributed by atoms with Gasteiger partial charge in [-0.1, -0.05) is 17.4 Å². The second-order valence-corrected chi connectivity index (χ2v) is 8.08. The number of rotatable bonds is 7. The zero-order valence-electron chi connectivity index (χ0n) is 15.3. The van der Waals surface area contributed by atoms with Gasteiger partial charge < -0.3 is 10.1 Å². The first-order valence-corrected chi connectivity index (χ1v) is 9.99. The molecule has 0 aliphatic heterocycles. The largest absolute Gasteiger partial charge is 0.477 e. The zero-order chi connectivity index (χ0) is 18.9. The van der Waals surface area contributed by atoms with E-state index in [0.29, 0.717) is 30.9 Å². The highest BCUT2D eigenvalue weighted by Gasteiger charge is 2.39. The van der Waals surface area contributed by atoms with Crippen LogP contribution in [0.4, 0.5) is 5.82 Å². The quantitative estimate of drug-likeness (QED) is 0.516. The summed E-state index contributed by atoms with van der Waals surface area (Å²) in [5, 5.41) is 17.8. The lowest BCUT2D eigenvalue weighted by Gasteiger charge is -2.10. The van der Waals surface area contributed by atoms with Gasteiger partial charge in [0.05, 0.1) is 19.3 Å². The second kappa shape index (κ2) is 7.16. The minimum atomic E-state index is 0.484. The molecule has 9 heteroatoms. The van der Waals surface area contributed by atoms with Crippen LogP contribution >= 0.6 is 11.3 Å². The number of nitrogens with zero attached hydrogens (tertiary/aromatic N) is 6. The van der Waals surface area contributed by atoms with Gasteiger partial charge in [0.15, 0.2) is 5.65 Å². The molecule has 0 amide bonds. The molecule has 4 aromatic rings. The molecular weight excluding hydrogens is 374 g/mol. The van der Waals surface area contributed by atoms with Gasteiger partial charge in [-0.3, -0.25) is 4.98 Å². The van der Waals surface area contributed by atoms with E-state index in [0.717, 1.165) is 33.6 Å². The Balaban J connectivity index is 1.27. The number of ether oxygens (including phenoxy) is 1. The van der Waals surface area contributed by atoms with E-state index in [9.17, 15) is 0 Å². The van der Waals surface area contributed by atoms with E-state index >= 15 is 0 Å². The maximum absolute atomic E-state index is 6.01. The Kier molecular flexibility index (Phi) is 4.36. The molecule has 8 nitrogen and oxygen atoms in total. The van der Waals surface area contributed by atoms with Crippen molar-refractivity contribution in [2.45, 2.75) is 25.8 Å². The lowest BCUT2D eigenvalue weighted by molar-refractivity contribution is 0.286. The number of anilines is 1.